The summed E-state index contributed by atoms with van der Waals surface area (Å²) in [5.41, 5.74) is 7.57. The maximum Gasteiger partial charge on any atom is 0.153 e. The Kier molecular flexibility index (Phi) is 3.07. The number of nitrogen functional groups attached to an aromatic ring is 1. The zero-order valence-corrected chi connectivity index (χ0v) is 10.5. The predicted octanol–water partition coefficient (Wildman–Crippen LogP) is 2.64. The lowest BCUT2D eigenvalue weighted by atomic mass is 10.2. The standard InChI is InChI=1S/C12H15ClN4/c1-7(2)17(9-3-4-9)12(15)11-10(14)5-8(13)6-16-11/h5-6,9,15H,1,3-4,14H2,2H3. The molecule has 0 atom stereocenters. The number of hydrogen-bond donors (Lipinski definition) is 2. The number of aromatic nitrogens is 1. The van der Waals surface area contributed by atoms with Gasteiger partial charge in [-0.3, -0.25) is 5.41 Å². The number of halogens is 1. The van der Waals surface area contributed by atoms with Crippen molar-refractivity contribution in [2.75, 3.05) is 5.73 Å². The van der Waals surface area contributed by atoms with Crippen LogP contribution in [0.25, 0.3) is 0 Å². The van der Waals surface area contributed by atoms with Crippen molar-refractivity contribution in [3.8, 4) is 0 Å². The number of nitrogens with two attached hydrogens (primary N) is 1. The summed E-state index contributed by atoms with van der Waals surface area (Å²) in [5, 5.41) is 8.66. The normalized spacial score (nSPS) is 14.5. The summed E-state index contributed by atoms with van der Waals surface area (Å²) in [6.07, 6.45) is 3.68. The molecule has 0 saturated heterocycles. The minimum Gasteiger partial charge on any atom is -0.397 e. The number of allylic oxidation sites excluding steroid dienone is 1. The lowest BCUT2D eigenvalue weighted by Crippen LogP contribution is -2.32. The largest absolute Gasteiger partial charge is 0.397 e. The number of pyridine rings is 1. The van der Waals surface area contributed by atoms with Crippen molar-refractivity contribution >= 4 is 23.1 Å². The van der Waals surface area contributed by atoms with Gasteiger partial charge in [-0.15, -0.1) is 0 Å². The van der Waals surface area contributed by atoms with Crippen molar-refractivity contribution in [1.82, 2.24) is 9.88 Å². The summed E-state index contributed by atoms with van der Waals surface area (Å²) in [7, 11) is 0. The van der Waals surface area contributed by atoms with Crippen molar-refractivity contribution in [2.24, 2.45) is 0 Å². The van der Waals surface area contributed by atoms with Gasteiger partial charge in [-0.05, 0) is 25.8 Å². The average Bonchev–Trinajstić information content (AvgIpc) is 3.01. The van der Waals surface area contributed by atoms with Crippen LogP contribution in [0.3, 0.4) is 0 Å². The van der Waals surface area contributed by atoms with Crippen LogP contribution in [0.5, 0.6) is 0 Å². The zero-order chi connectivity index (χ0) is 12.6. The van der Waals surface area contributed by atoms with Crippen molar-refractivity contribution in [3.05, 3.63) is 35.3 Å². The second-order valence-corrected chi connectivity index (χ2v) is 4.71. The van der Waals surface area contributed by atoms with Crippen LogP contribution in [0.4, 0.5) is 5.69 Å². The summed E-state index contributed by atoms with van der Waals surface area (Å²) >= 11 is 5.79. The van der Waals surface area contributed by atoms with Crippen molar-refractivity contribution < 1.29 is 0 Å². The van der Waals surface area contributed by atoms with E-state index < -0.39 is 0 Å². The van der Waals surface area contributed by atoms with E-state index in [2.05, 4.69) is 11.6 Å². The van der Waals surface area contributed by atoms with E-state index in [0.29, 0.717) is 28.3 Å². The van der Waals surface area contributed by atoms with Crippen LogP contribution >= 0.6 is 11.6 Å². The van der Waals surface area contributed by atoms with Crippen molar-refractivity contribution in [1.29, 1.82) is 5.41 Å². The molecule has 1 aromatic rings. The lowest BCUT2D eigenvalue weighted by Gasteiger charge is -2.25. The van der Waals surface area contributed by atoms with Crippen LogP contribution in [-0.4, -0.2) is 21.8 Å². The summed E-state index contributed by atoms with van der Waals surface area (Å²) in [6, 6.07) is 1.99. The van der Waals surface area contributed by atoms with Crippen LogP contribution in [0, 0.1) is 5.41 Å². The molecule has 2 rings (SSSR count). The molecule has 1 aliphatic carbocycles. The predicted molar refractivity (Wildman–Crippen MR) is 70.2 cm³/mol. The Morgan fingerprint density at radius 1 is 1.65 bits per heavy atom. The van der Waals surface area contributed by atoms with Crippen LogP contribution in [0.2, 0.25) is 5.02 Å². The first kappa shape index (κ1) is 11.9. The molecule has 1 heterocycles. The maximum atomic E-state index is 8.18. The van der Waals surface area contributed by atoms with Gasteiger partial charge in [0, 0.05) is 17.9 Å². The molecule has 1 aromatic heterocycles. The third-order valence-corrected chi connectivity index (χ3v) is 2.88. The number of amidine groups is 1. The van der Waals surface area contributed by atoms with Crippen molar-refractivity contribution in [2.45, 2.75) is 25.8 Å². The first-order valence-electron chi connectivity index (χ1n) is 5.45. The molecule has 17 heavy (non-hydrogen) atoms. The number of anilines is 1. The summed E-state index contributed by atoms with van der Waals surface area (Å²) in [4.78, 5) is 6.01. The highest BCUT2D eigenvalue weighted by molar-refractivity contribution is 6.30. The molecule has 0 bridgehead atoms. The first-order valence-corrected chi connectivity index (χ1v) is 5.83. The quantitative estimate of drug-likeness (QED) is 0.640. The van der Waals surface area contributed by atoms with E-state index in [4.69, 9.17) is 22.7 Å². The topological polar surface area (TPSA) is 66.0 Å². The van der Waals surface area contributed by atoms with Gasteiger partial charge in [0.1, 0.15) is 5.69 Å². The molecule has 0 amide bonds. The Hall–Kier alpha value is -1.55. The molecule has 0 unspecified atom stereocenters. The Bertz CT molecular complexity index is 479. The minimum atomic E-state index is 0.300. The average molecular weight is 251 g/mol. The van der Waals surface area contributed by atoms with Crippen LogP contribution in [-0.2, 0) is 0 Å². The summed E-state index contributed by atoms with van der Waals surface area (Å²) in [6.45, 7) is 5.79. The highest BCUT2D eigenvalue weighted by Crippen LogP contribution is 2.31. The molecular weight excluding hydrogens is 236 g/mol. The Labute approximate surface area is 106 Å². The van der Waals surface area contributed by atoms with Gasteiger partial charge in [0.05, 0.1) is 10.7 Å². The highest BCUT2D eigenvalue weighted by atomic mass is 35.5. The van der Waals surface area contributed by atoms with E-state index in [9.17, 15) is 0 Å². The van der Waals surface area contributed by atoms with Gasteiger partial charge in [-0.1, -0.05) is 18.2 Å². The molecule has 0 spiro atoms. The molecule has 1 saturated carbocycles. The molecule has 0 aromatic carbocycles. The van der Waals surface area contributed by atoms with E-state index in [-0.39, 0.29) is 0 Å². The SMILES string of the molecule is C=C(C)N(C(=N)c1ncc(Cl)cc1N)C1CC1. The smallest absolute Gasteiger partial charge is 0.153 e. The number of rotatable bonds is 3. The molecule has 5 heteroatoms. The van der Waals surface area contributed by atoms with Gasteiger partial charge in [0.2, 0.25) is 0 Å². The van der Waals surface area contributed by atoms with Gasteiger partial charge in [0.15, 0.2) is 5.84 Å². The van der Waals surface area contributed by atoms with Gasteiger partial charge in [-0.25, -0.2) is 4.98 Å². The molecule has 1 aliphatic rings. The Balaban J connectivity index is 2.31. The number of hydrogen-bond acceptors (Lipinski definition) is 3. The minimum absolute atomic E-state index is 0.300. The molecule has 0 aliphatic heterocycles. The zero-order valence-electron chi connectivity index (χ0n) is 9.70. The molecule has 90 valence electrons. The fourth-order valence-corrected chi connectivity index (χ4v) is 1.95. The number of nitrogens with zero attached hydrogens (tertiary/aromatic N) is 2. The third kappa shape index (κ3) is 2.42. The van der Waals surface area contributed by atoms with Gasteiger partial charge in [0.25, 0.3) is 0 Å². The molecular formula is C12H15ClN4. The van der Waals surface area contributed by atoms with Crippen molar-refractivity contribution in [3.63, 3.8) is 0 Å². The van der Waals surface area contributed by atoms with E-state index >= 15 is 0 Å². The Morgan fingerprint density at radius 2 is 2.29 bits per heavy atom. The summed E-state index contributed by atoms with van der Waals surface area (Å²) in [5.74, 6) is 0.300. The van der Waals surface area contributed by atoms with Gasteiger partial charge >= 0.3 is 0 Å². The van der Waals surface area contributed by atoms with E-state index in [1.165, 1.54) is 6.20 Å². The Morgan fingerprint density at radius 3 is 2.76 bits per heavy atom. The highest BCUT2D eigenvalue weighted by Gasteiger charge is 2.32. The first-order chi connectivity index (χ1) is 8.00. The van der Waals surface area contributed by atoms with E-state index in [0.717, 1.165) is 18.5 Å². The molecule has 4 nitrogen and oxygen atoms in total. The lowest BCUT2D eigenvalue weighted by molar-refractivity contribution is 0.502. The summed E-state index contributed by atoms with van der Waals surface area (Å²) < 4.78 is 0. The van der Waals surface area contributed by atoms with Gasteiger partial charge < -0.3 is 10.6 Å². The second-order valence-electron chi connectivity index (χ2n) is 4.28. The van der Waals surface area contributed by atoms with Crippen LogP contribution < -0.4 is 5.73 Å². The van der Waals surface area contributed by atoms with Crippen LogP contribution in [0.15, 0.2) is 24.5 Å². The molecule has 3 N–H and O–H groups in total. The monoisotopic (exact) mass is 250 g/mol. The fourth-order valence-electron chi connectivity index (χ4n) is 1.78. The molecule has 0 radical (unpaired) electrons. The van der Waals surface area contributed by atoms with Crippen LogP contribution in [0.1, 0.15) is 25.5 Å². The maximum absolute atomic E-state index is 8.18. The van der Waals surface area contributed by atoms with E-state index in [1.54, 1.807) is 6.07 Å². The third-order valence-electron chi connectivity index (χ3n) is 2.67. The van der Waals surface area contributed by atoms with E-state index in [1.807, 2.05) is 11.8 Å². The van der Waals surface area contributed by atoms with Gasteiger partial charge in [-0.2, -0.15) is 0 Å². The molecule has 1 fully saturated rings. The fraction of sp³-hybridized carbons (Fsp3) is 0.333. The number of nitrogens with one attached hydrogen (secondary N) is 1. The second kappa shape index (κ2) is 4.37.